The van der Waals surface area contributed by atoms with E-state index in [1.165, 1.54) is 0 Å². The van der Waals surface area contributed by atoms with Crippen LogP contribution in [0.4, 0.5) is 0 Å². The van der Waals surface area contributed by atoms with Crippen molar-refractivity contribution in [2.45, 2.75) is 6.92 Å². The monoisotopic (exact) mass is 366 g/mol. The summed E-state index contributed by atoms with van der Waals surface area (Å²) >= 11 is 15.9. The van der Waals surface area contributed by atoms with Crippen LogP contribution in [0, 0.1) is 6.92 Å². The molecule has 5 heteroatoms. The minimum Gasteiger partial charge on any atom is -0.227 e. The van der Waals surface area contributed by atoms with Crippen LogP contribution in [0.5, 0.6) is 0 Å². The fraction of sp³-hybridized carbons (Fsp3) is 0.0667. The predicted molar refractivity (Wildman–Crippen MR) is 87.4 cm³/mol. The van der Waals surface area contributed by atoms with Gasteiger partial charge in [0.25, 0.3) is 0 Å². The summed E-state index contributed by atoms with van der Waals surface area (Å²) < 4.78 is 0.888. The number of aromatic nitrogens is 2. The highest BCUT2D eigenvalue weighted by atomic mass is 79.9. The van der Waals surface area contributed by atoms with Gasteiger partial charge in [0.1, 0.15) is 5.15 Å². The van der Waals surface area contributed by atoms with Crippen LogP contribution in [0.2, 0.25) is 10.2 Å². The molecule has 0 saturated carbocycles. The highest BCUT2D eigenvalue weighted by Crippen LogP contribution is 2.30. The van der Waals surface area contributed by atoms with Crippen LogP contribution in [0.3, 0.4) is 0 Å². The lowest BCUT2D eigenvalue weighted by atomic mass is 10.1. The van der Waals surface area contributed by atoms with Gasteiger partial charge in [-0.1, -0.05) is 41.4 Å². The van der Waals surface area contributed by atoms with Crippen molar-refractivity contribution in [2.24, 2.45) is 0 Å². The summed E-state index contributed by atoms with van der Waals surface area (Å²) in [5.74, 6) is 0.566. The van der Waals surface area contributed by atoms with E-state index in [2.05, 4.69) is 25.9 Å². The maximum atomic E-state index is 6.25. The van der Waals surface area contributed by atoms with E-state index < -0.39 is 0 Å². The molecule has 0 spiro atoms. The van der Waals surface area contributed by atoms with Gasteiger partial charge in [-0.3, -0.25) is 0 Å². The van der Waals surface area contributed by atoms with E-state index in [1.54, 1.807) is 0 Å². The zero-order valence-corrected chi connectivity index (χ0v) is 13.6. The van der Waals surface area contributed by atoms with E-state index in [0.717, 1.165) is 26.5 Å². The quantitative estimate of drug-likeness (QED) is 0.517. The first-order valence-electron chi connectivity index (χ1n) is 5.94. The van der Waals surface area contributed by atoms with Gasteiger partial charge in [-0.2, -0.15) is 0 Å². The maximum absolute atomic E-state index is 6.25. The molecule has 0 aliphatic carbocycles. The summed E-state index contributed by atoms with van der Waals surface area (Å²) in [7, 11) is 0. The van der Waals surface area contributed by atoms with Crippen molar-refractivity contribution in [3.05, 3.63) is 56.6 Å². The van der Waals surface area contributed by atoms with Crippen LogP contribution in [0.15, 0.2) is 40.9 Å². The summed E-state index contributed by atoms with van der Waals surface area (Å²) in [6, 6.07) is 11.5. The van der Waals surface area contributed by atoms with Gasteiger partial charge in [-0.25, -0.2) is 9.97 Å². The van der Waals surface area contributed by atoms with E-state index in [4.69, 9.17) is 23.2 Å². The predicted octanol–water partition coefficient (Wildman–Crippen LogP) is 5.67. The van der Waals surface area contributed by atoms with E-state index in [1.807, 2.05) is 43.3 Å². The van der Waals surface area contributed by atoms with Crippen molar-refractivity contribution in [1.82, 2.24) is 9.97 Å². The number of hydrogen-bond acceptors (Lipinski definition) is 2. The van der Waals surface area contributed by atoms with E-state index in [9.17, 15) is 0 Å². The van der Waals surface area contributed by atoms with E-state index in [-0.39, 0.29) is 0 Å². The lowest BCUT2D eigenvalue weighted by Crippen LogP contribution is -1.93. The van der Waals surface area contributed by atoms with E-state index in [0.29, 0.717) is 16.0 Å². The number of para-hydroxylation sites is 1. The Morgan fingerprint density at radius 1 is 1.05 bits per heavy atom. The first-order valence-corrected chi connectivity index (χ1v) is 7.49. The molecule has 0 N–H and O–H groups in total. The van der Waals surface area contributed by atoms with Gasteiger partial charge < -0.3 is 0 Å². The number of hydrogen-bond donors (Lipinski definition) is 0. The summed E-state index contributed by atoms with van der Waals surface area (Å²) in [6.45, 7) is 1.96. The normalized spacial score (nSPS) is 11.0. The zero-order chi connectivity index (χ0) is 14.3. The Balaban J connectivity index is 2.26. The first-order chi connectivity index (χ1) is 9.56. The fourth-order valence-corrected chi connectivity index (χ4v) is 2.81. The summed E-state index contributed by atoms with van der Waals surface area (Å²) in [5, 5.41) is 1.94. The molecule has 0 amide bonds. The molecule has 0 saturated heterocycles. The molecule has 2 nitrogen and oxygen atoms in total. The number of rotatable bonds is 1. The standard InChI is InChI=1S/C15H9BrCl2N2/c1-8-5-6-9(7-12(8)17)15-19-13-10(14(18)20-15)3-2-4-11(13)16/h2-7H,1H3. The molecule has 0 aliphatic rings. The van der Waals surface area contributed by atoms with Crippen molar-refractivity contribution >= 4 is 50.0 Å². The molecule has 1 aromatic heterocycles. The molecule has 3 aromatic rings. The Labute approximate surface area is 134 Å². The van der Waals surface area contributed by atoms with Crippen LogP contribution in [-0.4, -0.2) is 9.97 Å². The van der Waals surface area contributed by atoms with Crippen molar-refractivity contribution < 1.29 is 0 Å². The zero-order valence-electron chi connectivity index (χ0n) is 10.5. The van der Waals surface area contributed by atoms with Crippen molar-refractivity contribution in [3.8, 4) is 11.4 Å². The smallest absolute Gasteiger partial charge is 0.161 e. The van der Waals surface area contributed by atoms with Crippen LogP contribution < -0.4 is 0 Å². The minimum atomic E-state index is 0.433. The second-order valence-electron chi connectivity index (χ2n) is 4.44. The third-order valence-corrected chi connectivity index (χ3v) is 4.40. The first kappa shape index (κ1) is 13.8. The number of halogens is 3. The second kappa shape index (κ2) is 5.32. The minimum absolute atomic E-state index is 0.433. The van der Waals surface area contributed by atoms with Gasteiger partial charge in [0.2, 0.25) is 0 Å². The molecule has 0 unspecified atom stereocenters. The van der Waals surface area contributed by atoms with Gasteiger partial charge in [0.15, 0.2) is 5.82 Å². The van der Waals surface area contributed by atoms with Gasteiger partial charge in [0, 0.05) is 20.4 Å². The van der Waals surface area contributed by atoms with Crippen LogP contribution >= 0.6 is 39.1 Å². The fourth-order valence-electron chi connectivity index (χ4n) is 1.94. The number of benzene rings is 2. The van der Waals surface area contributed by atoms with Crippen LogP contribution in [-0.2, 0) is 0 Å². The molecule has 1 heterocycles. The summed E-state index contributed by atoms with van der Waals surface area (Å²) in [5.41, 5.74) is 2.66. The third kappa shape index (κ3) is 2.41. The Bertz CT molecular complexity index is 818. The SMILES string of the molecule is Cc1ccc(-c2nc(Cl)c3cccc(Br)c3n2)cc1Cl. The average Bonchev–Trinajstić information content (AvgIpc) is 2.43. The van der Waals surface area contributed by atoms with E-state index >= 15 is 0 Å². The van der Waals surface area contributed by atoms with Gasteiger partial charge in [-0.15, -0.1) is 0 Å². The highest BCUT2D eigenvalue weighted by Gasteiger charge is 2.10. The molecule has 0 aliphatic heterocycles. The molecular weight excluding hydrogens is 359 g/mol. The average molecular weight is 368 g/mol. The summed E-state index contributed by atoms with van der Waals surface area (Å²) in [4.78, 5) is 8.93. The van der Waals surface area contributed by atoms with Crippen LogP contribution in [0.25, 0.3) is 22.3 Å². The lowest BCUT2D eigenvalue weighted by Gasteiger charge is -2.07. The maximum Gasteiger partial charge on any atom is 0.161 e. The number of nitrogens with zero attached hydrogens (tertiary/aromatic N) is 2. The van der Waals surface area contributed by atoms with Crippen molar-refractivity contribution in [2.75, 3.05) is 0 Å². The topological polar surface area (TPSA) is 25.8 Å². The Kier molecular flexibility index (Phi) is 3.67. The summed E-state index contributed by atoms with van der Waals surface area (Å²) in [6.07, 6.45) is 0. The Hall–Kier alpha value is -1.16. The molecule has 0 radical (unpaired) electrons. The molecule has 0 bridgehead atoms. The van der Waals surface area contributed by atoms with Gasteiger partial charge >= 0.3 is 0 Å². The Morgan fingerprint density at radius 3 is 2.60 bits per heavy atom. The number of aryl methyl sites for hydroxylation is 1. The second-order valence-corrected chi connectivity index (χ2v) is 6.06. The molecule has 3 rings (SSSR count). The van der Waals surface area contributed by atoms with Crippen LogP contribution in [0.1, 0.15) is 5.56 Å². The number of fused-ring (bicyclic) bond motifs is 1. The van der Waals surface area contributed by atoms with Crippen molar-refractivity contribution in [3.63, 3.8) is 0 Å². The lowest BCUT2D eigenvalue weighted by molar-refractivity contribution is 1.22. The largest absolute Gasteiger partial charge is 0.227 e. The molecule has 20 heavy (non-hydrogen) atoms. The molecule has 100 valence electrons. The van der Waals surface area contributed by atoms with Crippen molar-refractivity contribution in [1.29, 1.82) is 0 Å². The third-order valence-electron chi connectivity index (χ3n) is 3.06. The molecular formula is C15H9BrCl2N2. The van der Waals surface area contributed by atoms with Gasteiger partial charge in [0.05, 0.1) is 5.52 Å². The van der Waals surface area contributed by atoms with Gasteiger partial charge in [-0.05, 0) is 46.6 Å². The molecule has 2 aromatic carbocycles. The molecule has 0 fully saturated rings. The Morgan fingerprint density at radius 2 is 1.85 bits per heavy atom. The molecule has 0 atom stereocenters. The highest BCUT2D eigenvalue weighted by molar-refractivity contribution is 9.10.